The number of primary sulfonamides is 1. The minimum Gasteiger partial charge on any atom is -0.330 e. The zero-order valence-corrected chi connectivity index (χ0v) is 14.0. The molecule has 2 heterocycles. The van der Waals surface area contributed by atoms with Gasteiger partial charge >= 0.3 is 0 Å². The molecule has 118 valence electrons. The molecule has 0 amide bonds. The molecule has 2 aromatic heterocycles. The van der Waals surface area contributed by atoms with Gasteiger partial charge in [0.1, 0.15) is 10.0 Å². The fourth-order valence-corrected chi connectivity index (χ4v) is 3.56. The van der Waals surface area contributed by atoms with Gasteiger partial charge in [-0.2, -0.15) is 0 Å². The second-order valence-electron chi connectivity index (χ2n) is 4.57. The van der Waals surface area contributed by atoms with E-state index in [0.29, 0.717) is 16.0 Å². The summed E-state index contributed by atoms with van der Waals surface area (Å²) in [6.07, 6.45) is 1.60. The van der Waals surface area contributed by atoms with Gasteiger partial charge < -0.3 is 5.32 Å². The van der Waals surface area contributed by atoms with E-state index in [1.807, 2.05) is 5.38 Å². The van der Waals surface area contributed by atoms with E-state index < -0.39 is 10.0 Å². The summed E-state index contributed by atoms with van der Waals surface area (Å²) in [4.78, 5) is 8.37. The number of hydrogen-bond acceptors (Lipinski definition) is 6. The predicted octanol–water partition coefficient (Wildman–Crippen LogP) is 3.25. The topological polar surface area (TPSA) is 98.0 Å². The van der Waals surface area contributed by atoms with Crippen LogP contribution in [0.3, 0.4) is 0 Å². The van der Waals surface area contributed by atoms with E-state index in [-0.39, 0.29) is 4.90 Å². The van der Waals surface area contributed by atoms with E-state index in [9.17, 15) is 8.42 Å². The summed E-state index contributed by atoms with van der Waals surface area (Å²) in [5.41, 5.74) is 1.92. The fourth-order valence-electron chi connectivity index (χ4n) is 1.96. The van der Waals surface area contributed by atoms with Crippen molar-refractivity contribution < 1.29 is 8.42 Å². The Kier molecular flexibility index (Phi) is 4.31. The van der Waals surface area contributed by atoms with Gasteiger partial charge in [-0.05, 0) is 24.3 Å². The molecule has 9 heteroatoms. The quantitative estimate of drug-likeness (QED) is 0.690. The van der Waals surface area contributed by atoms with E-state index in [4.69, 9.17) is 16.7 Å². The Balaban J connectivity index is 1.92. The highest BCUT2D eigenvalue weighted by Crippen LogP contribution is 2.29. The standard InChI is InChI=1S/C14H11ClN4O2S2/c15-13-7-9(5-6-17-13)11-8-22-14(19-11)18-10-3-1-2-4-12(10)23(16,20)21/h1-8H,(H,18,19)(H2,16,20,21). The van der Waals surface area contributed by atoms with Gasteiger partial charge in [0.25, 0.3) is 0 Å². The fraction of sp³-hybridized carbons (Fsp3) is 0. The highest BCUT2D eigenvalue weighted by molar-refractivity contribution is 7.89. The number of pyridine rings is 1. The molecule has 0 aliphatic heterocycles. The molecule has 0 aliphatic carbocycles. The molecule has 0 aliphatic rings. The van der Waals surface area contributed by atoms with Crippen molar-refractivity contribution in [3.8, 4) is 11.3 Å². The first-order valence-electron chi connectivity index (χ1n) is 6.40. The molecule has 0 radical (unpaired) electrons. The molecule has 0 atom stereocenters. The van der Waals surface area contributed by atoms with Crippen LogP contribution in [0.1, 0.15) is 0 Å². The number of nitrogens with zero attached hydrogens (tertiary/aromatic N) is 2. The number of nitrogens with two attached hydrogens (primary N) is 1. The maximum Gasteiger partial charge on any atom is 0.240 e. The number of benzene rings is 1. The first kappa shape index (κ1) is 15.9. The number of hydrogen-bond donors (Lipinski definition) is 2. The predicted molar refractivity (Wildman–Crippen MR) is 91.5 cm³/mol. The second-order valence-corrected chi connectivity index (χ2v) is 7.35. The summed E-state index contributed by atoms with van der Waals surface area (Å²) in [6.45, 7) is 0. The van der Waals surface area contributed by atoms with Crippen molar-refractivity contribution in [2.75, 3.05) is 5.32 Å². The van der Waals surface area contributed by atoms with Crippen molar-refractivity contribution in [1.82, 2.24) is 9.97 Å². The lowest BCUT2D eigenvalue weighted by molar-refractivity contribution is 0.598. The minimum absolute atomic E-state index is 0.0173. The lowest BCUT2D eigenvalue weighted by Crippen LogP contribution is -2.13. The van der Waals surface area contributed by atoms with E-state index in [1.54, 1.807) is 36.5 Å². The first-order chi connectivity index (χ1) is 10.9. The summed E-state index contributed by atoms with van der Waals surface area (Å²) in [5, 5.41) is 11.0. The maximum absolute atomic E-state index is 11.6. The molecule has 6 nitrogen and oxygen atoms in total. The van der Waals surface area contributed by atoms with Crippen molar-refractivity contribution in [2.45, 2.75) is 4.90 Å². The lowest BCUT2D eigenvalue weighted by atomic mass is 10.2. The van der Waals surface area contributed by atoms with Crippen molar-refractivity contribution in [2.24, 2.45) is 5.14 Å². The van der Waals surface area contributed by atoms with Crippen LogP contribution >= 0.6 is 22.9 Å². The normalized spacial score (nSPS) is 11.4. The van der Waals surface area contributed by atoms with Gasteiger partial charge in [0.2, 0.25) is 10.0 Å². The average Bonchev–Trinajstić information content (AvgIpc) is 2.95. The number of aromatic nitrogens is 2. The summed E-state index contributed by atoms with van der Waals surface area (Å²) in [6, 6.07) is 9.89. The van der Waals surface area contributed by atoms with Crippen LogP contribution in [0.5, 0.6) is 0 Å². The number of para-hydroxylation sites is 1. The zero-order valence-electron chi connectivity index (χ0n) is 11.6. The molecule has 3 N–H and O–H groups in total. The smallest absolute Gasteiger partial charge is 0.240 e. The molecule has 1 aromatic carbocycles. The first-order valence-corrected chi connectivity index (χ1v) is 9.20. The Morgan fingerprint density at radius 1 is 1.22 bits per heavy atom. The number of nitrogens with one attached hydrogen (secondary N) is 1. The summed E-state index contributed by atoms with van der Waals surface area (Å²) >= 11 is 7.21. The Morgan fingerprint density at radius 3 is 2.74 bits per heavy atom. The van der Waals surface area contributed by atoms with Crippen molar-refractivity contribution in [3.05, 3.63) is 53.1 Å². The summed E-state index contributed by atoms with van der Waals surface area (Å²) < 4.78 is 23.2. The van der Waals surface area contributed by atoms with Crippen molar-refractivity contribution >= 4 is 43.8 Å². The van der Waals surface area contributed by atoms with Crippen LogP contribution in [0.2, 0.25) is 5.15 Å². The van der Waals surface area contributed by atoms with Gasteiger partial charge in [-0.1, -0.05) is 23.7 Å². The van der Waals surface area contributed by atoms with Crippen molar-refractivity contribution in [1.29, 1.82) is 0 Å². The molecule has 0 unspecified atom stereocenters. The van der Waals surface area contributed by atoms with Gasteiger partial charge in [0.05, 0.1) is 11.4 Å². The Labute approximate surface area is 142 Å². The van der Waals surface area contributed by atoms with Crippen LogP contribution in [0.4, 0.5) is 10.8 Å². The average molecular weight is 367 g/mol. The van der Waals surface area contributed by atoms with E-state index >= 15 is 0 Å². The molecule has 0 spiro atoms. The van der Waals surface area contributed by atoms with Gasteiger partial charge in [-0.3, -0.25) is 0 Å². The molecular weight excluding hydrogens is 356 g/mol. The van der Waals surface area contributed by atoms with Gasteiger partial charge in [0, 0.05) is 17.1 Å². The lowest BCUT2D eigenvalue weighted by Gasteiger charge is -2.07. The molecule has 23 heavy (non-hydrogen) atoms. The zero-order chi connectivity index (χ0) is 16.4. The van der Waals surface area contributed by atoms with Crippen LogP contribution < -0.4 is 10.5 Å². The third-order valence-electron chi connectivity index (χ3n) is 2.96. The number of halogens is 1. The van der Waals surface area contributed by atoms with E-state index in [0.717, 1.165) is 11.3 Å². The molecule has 3 aromatic rings. The molecule has 0 bridgehead atoms. The highest BCUT2D eigenvalue weighted by atomic mass is 35.5. The largest absolute Gasteiger partial charge is 0.330 e. The van der Waals surface area contributed by atoms with Crippen molar-refractivity contribution in [3.63, 3.8) is 0 Å². The number of sulfonamides is 1. The molecule has 0 saturated heterocycles. The van der Waals surface area contributed by atoms with Gasteiger partial charge in [-0.25, -0.2) is 23.5 Å². The third-order valence-corrected chi connectivity index (χ3v) is 4.90. The third kappa shape index (κ3) is 3.67. The summed E-state index contributed by atoms with van der Waals surface area (Å²) in [7, 11) is -3.82. The SMILES string of the molecule is NS(=O)(=O)c1ccccc1Nc1nc(-c2ccnc(Cl)c2)cs1. The van der Waals surface area contributed by atoms with Crippen LogP contribution in [0.25, 0.3) is 11.3 Å². The molecular formula is C14H11ClN4O2S2. The molecule has 3 rings (SSSR count). The minimum atomic E-state index is -3.82. The Morgan fingerprint density at radius 2 is 2.00 bits per heavy atom. The van der Waals surface area contributed by atoms with Crippen LogP contribution in [0.15, 0.2) is 52.9 Å². The number of anilines is 2. The van der Waals surface area contributed by atoms with Crippen LogP contribution in [-0.2, 0) is 10.0 Å². The number of rotatable bonds is 4. The van der Waals surface area contributed by atoms with E-state index in [1.165, 1.54) is 17.4 Å². The molecule has 0 fully saturated rings. The maximum atomic E-state index is 11.6. The Hall–Kier alpha value is -2.00. The van der Waals surface area contributed by atoms with Gasteiger partial charge in [0.15, 0.2) is 5.13 Å². The van der Waals surface area contributed by atoms with Gasteiger partial charge in [-0.15, -0.1) is 11.3 Å². The molecule has 0 saturated carbocycles. The van der Waals surface area contributed by atoms with Crippen LogP contribution in [0, 0.1) is 0 Å². The Bertz CT molecular complexity index is 957. The monoisotopic (exact) mass is 366 g/mol. The van der Waals surface area contributed by atoms with Crippen LogP contribution in [-0.4, -0.2) is 18.4 Å². The van der Waals surface area contributed by atoms with E-state index in [2.05, 4.69) is 15.3 Å². The summed E-state index contributed by atoms with van der Waals surface area (Å²) in [5.74, 6) is 0. The number of thiazole rings is 1. The second kappa shape index (κ2) is 6.25. The highest BCUT2D eigenvalue weighted by Gasteiger charge is 2.14.